The first-order chi connectivity index (χ1) is 4.97. The third kappa shape index (κ3) is 0.699. The van der Waals surface area contributed by atoms with Crippen molar-refractivity contribution in [2.24, 2.45) is 0 Å². The summed E-state index contributed by atoms with van der Waals surface area (Å²) in [5.41, 5.74) is 1.28. The first kappa shape index (κ1) is 5.22. The largest absolute Gasteiger partial charge is 0.249 e. The second-order valence-corrected chi connectivity index (χ2v) is 1.73. The zero-order chi connectivity index (χ0) is 6.81. The van der Waals surface area contributed by atoms with Gasteiger partial charge in [-0.15, -0.1) is 0 Å². The average Bonchev–Trinajstić information content (AvgIpc) is 2.05. The molecule has 0 bridgehead atoms. The predicted octanol–water partition coefficient (Wildman–Crippen LogP) is 0.220. The highest BCUT2D eigenvalue weighted by Gasteiger charge is 1.91. The van der Waals surface area contributed by atoms with Crippen molar-refractivity contribution in [2.45, 2.75) is 0 Å². The second kappa shape index (κ2) is 1.98. The van der Waals surface area contributed by atoms with E-state index in [-0.39, 0.29) is 0 Å². The van der Waals surface area contributed by atoms with Gasteiger partial charge in [0, 0.05) is 0 Å². The van der Waals surface area contributed by atoms with E-state index in [0.29, 0.717) is 11.2 Å². The molecule has 0 atom stereocenters. The second-order valence-electron chi connectivity index (χ2n) is 1.73. The molecule has 4 heteroatoms. The number of nitrogens with zero attached hydrogens (tertiary/aromatic N) is 4. The molecule has 0 amide bonds. The predicted molar refractivity (Wildman–Crippen MR) is 34.0 cm³/mol. The average molecular weight is 131 g/mol. The smallest absolute Gasteiger partial charge is 0.181 e. The van der Waals surface area contributed by atoms with Crippen molar-refractivity contribution in [3.8, 4) is 0 Å². The Bertz CT molecular complexity index is 281. The maximum absolute atomic E-state index is 3.94. The molecular weight excluding hydrogens is 128 g/mol. The molecule has 47 valence electrons. The Morgan fingerprint density at radius 1 is 1.30 bits per heavy atom. The summed E-state index contributed by atoms with van der Waals surface area (Å²) in [6, 6.07) is 0. The molecule has 0 aliphatic rings. The molecule has 0 saturated carbocycles. The summed E-state index contributed by atoms with van der Waals surface area (Å²) in [5, 5.41) is 0. The van der Waals surface area contributed by atoms with Gasteiger partial charge in [-0.1, -0.05) is 0 Å². The van der Waals surface area contributed by atoms with Gasteiger partial charge in [0.15, 0.2) is 5.65 Å². The van der Waals surface area contributed by atoms with Gasteiger partial charge in [-0.3, -0.25) is 0 Å². The molecule has 4 nitrogen and oxygen atoms in total. The highest BCUT2D eigenvalue weighted by atomic mass is 14.9. The molecule has 1 radical (unpaired) electrons. The van der Waals surface area contributed by atoms with Gasteiger partial charge < -0.3 is 0 Å². The van der Waals surface area contributed by atoms with Crippen molar-refractivity contribution < 1.29 is 0 Å². The van der Waals surface area contributed by atoms with Gasteiger partial charge in [0.1, 0.15) is 18.0 Å². The number of aromatic nitrogens is 4. The lowest BCUT2D eigenvalue weighted by molar-refractivity contribution is 1.14. The summed E-state index contributed by atoms with van der Waals surface area (Å²) in [6.45, 7) is 0. The topological polar surface area (TPSA) is 51.6 Å². The Kier molecular flexibility index (Phi) is 1.04. The molecule has 0 fully saturated rings. The Morgan fingerprint density at radius 2 is 2.30 bits per heavy atom. The Balaban J connectivity index is 2.89. The van der Waals surface area contributed by atoms with Crippen LogP contribution in [-0.4, -0.2) is 19.9 Å². The van der Waals surface area contributed by atoms with Gasteiger partial charge in [0.25, 0.3) is 0 Å². The minimum Gasteiger partial charge on any atom is -0.249 e. The maximum atomic E-state index is 3.94. The highest BCUT2D eigenvalue weighted by Crippen LogP contribution is 1.97. The van der Waals surface area contributed by atoms with E-state index < -0.39 is 0 Å². The minimum absolute atomic E-state index is 0.581. The number of rotatable bonds is 0. The van der Waals surface area contributed by atoms with Crippen LogP contribution in [0.15, 0.2) is 18.7 Å². The molecule has 0 aliphatic carbocycles. The van der Waals surface area contributed by atoms with E-state index in [4.69, 9.17) is 0 Å². The quantitative estimate of drug-likeness (QED) is 0.513. The Hall–Kier alpha value is -1.58. The van der Waals surface area contributed by atoms with E-state index in [1.807, 2.05) is 0 Å². The van der Waals surface area contributed by atoms with Gasteiger partial charge >= 0.3 is 0 Å². The Labute approximate surface area is 57.0 Å². The van der Waals surface area contributed by atoms with E-state index in [2.05, 4.69) is 26.1 Å². The van der Waals surface area contributed by atoms with Crippen molar-refractivity contribution in [1.29, 1.82) is 0 Å². The lowest BCUT2D eigenvalue weighted by Crippen LogP contribution is -1.86. The van der Waals surface area contributed by atoms with E-state index in [9.17, 15) is 0 Å². The lowest BCUT2D eigenvalue weighted by Gasteiger charge is -1.88. The molecule has 0 aromatic carbocycles. The van der Waals surface area contributed by atoms with Gasteiger partial charge in [0.2, 0.25) is 0 Å². The van der Waals surface area contributed by atoms with E-state index in [1.165, 1.54) is 12.5 Å². The van der Waals surface area contributed by atoms with Crippen molar-refractivity contribution in [2.75, 3.05) is 0 Å². The fraction of sp³-hybridized carbons (Fsp3) is 0. The van der Waals surface area contributed by atoms with Crippen LogP contribution in [0.4, 0.5) is 0 Å². The molecule has 0 N–H and O–H groups in total. The van der Waals surface area contributed by atoms with Crippen molar-refractivity contribution in [3.05, 3.63) is 24.9 Å². The Morgan fingerprint density at radius 3 is 3.20 bits per heavy atom. The van der Waals surface area contributed by atoms with Crippen LogP contribution >= 0.6 is 0 Å². The molecule has 0 spiro atoms. The van der Waals surface area contributed by atoms with Crippen molar-refractivity contribution in [3.63, 3.8) is 0 Å². The molecule has 0 unspecified atom stereocenters. The highest BCUT2D eigenvalue weighted by molar-refractivity contribution is 5.66. The zero-order valence-electron chi connectivity index (χ0n) is 5.02. The van der Waals surface area contributed by atoms with Crippen LogP contribution in [0.5, 0.6) is 0 Å². The third-order valence-corrected chi connectivity index (χ3v) is 1.10. The molecule has 2 heterocycles. The molecule has 2 rings (SSSR count). The van der Waals surface area contributed by atoms with Crippen molar-refractivity contribution >= 4 is 11.2 Å². The standard InChI is InChI=1S/C6H3N4/c1-2-9-6-5(8-1)3-7-4-10-6/h1,3-4H. The summed E-state index contributed by atoms with van der Waals surface area (Å²) in [4.78, 5) is 15.4. The fourth-order valence-electron chi connectivity index (χ4n) is 0.681. The van der Waals surface area contributed by atoms with Crippen molar-refractivity contribution in [1.82, 2.24) is 19.9 Å². The van der Waals surface area contributed by atoms with Gasteiger partial charge in [-0.2, -0.15) is 0 Å². The van der Waals surface area contributed by atoms with Crippen LogP contribution in [0.2, 0.25) is 0 Å². The van der Waals surface area contributed by atoms with Gasteiger partial charge in [-0.05, 0) is 0 Å². The van der Waals surface area contributed by atoms with E-state index >= 15 is 0 Å². The monoisotopic (exact) mass is 131 g/mol. The number of hydrogen-bond acceptors (Lipinski definition) is 4. The molecule has 2 aromatic heterocycles. The number of fused-ring (bicyclic) bond motifs is 1. The normalized spacial score (nSPS) is 10.0. The molecule has 0 aliphatic heterocycles. The molecule has 10 heavy (non-hydrogen) atoms. The first-order valence-corrected chi connectivity index (χ1v) is 2.75. The maximum Gasteiger partial charge on any atom is 0.181 e. The van der Waals surface area contributed by atoms with Crippen LogP contribution in [0, 0.1) is 6.20 Å². The van der Waals surface area contributed by atoms with Crippen LogP contribution in [-0.2, 0) is 0 Å². The summed E-state index contributed by atoms with van der Waals surface area (Å²) in [6.07, 6.45) is 7.13. The van der Waals surface area contributed by atoms with Gasteiger partial charge in [0.05, 0.1) is 12.4 Å². The van der Waals surface area contributed by atoms with Crippen LogP contribution in [0.3, 0.4) is 0 Å². The summed E-state index contributed by atoms with van der Waals surface area (Å²) in [7, 11) is 0. The van der Waals surface area contributed by atoms with E-state index in [0.717, 1.165) is 0 Å². The van der Waals surface area contributed by atoms with Crippen LogP contribution in [0.1, 0.15) is 0 Å². The van der Waals surface area contributed by atoms with E-state index in [1.54, 1.807) is 6.20 Å². The molecular formula is C6H3N4. The molecule has 0 saturated heterocycles. The fourth-order valence-corrected chi connectivity index (χ4v) is 0.681. The number of hydrogen-bond donors (Lipinski definition) is 0. The van der Waals surface area contributed by atoms with Crippen LogP contribution < -0.4 is 0 Å². The summed E-state index contributed by atoms with van der Waals surface area (Å²) < 4.78 is 0. The third-order valence-electron chi connectivity index (χ3n) is 1.10. The molecule has 2 aromatic rings. The first-order valence-electron chi connectivity index (χ1n) is 2.75. The minimum atomic E-state index is 0.581. The summed E-state index contributed by atoms with van der Waals surface area (Å²) >= 11 is 0. The zero-order valence-corrected chi connectivity index (χ0v) is 5.02. The van der Waals surface area contributed by atoms with Crippen LogP contribution in [0.25, 0.3) is 11.2 Å². The summed E-state index contributed by atoms with van der Waals surface area (Å²) in [5.74, 6) is 0. The van der Waals surface area contributed by atoms with Gasteiger partial charge in [-0.25, -0.2) is 19.9 Å². The SMILES string of the molecule is [c]1cnc2cncnc2n1. The lowest BCUT2D eigenvalue weighted by atomic mass is 10.5.